The highest BCUT2D eigenvalue weighted by atomic mass is 16.5. The molecule has 2 aliphatic heterocycles. The molecule has 6 aliphatic rings. The van der Waals surface area contributed by atoms with Crippen LogP contribution in [0.2, 0.25) is 0 Å². The Morgan fingerprint density at radius 2 is 1.91 bits per heavy atom. The molecule has 6 rings (SSSR count). The van der Waals surface area contributed by atoms with E-state index in [-0.39, 0.29) is 5.60 Å². The molecule has 0 aromatic rings. The van der Waals surface area contributed by atoms with Gasteiger partial charge in [0.1, 0.15) is 0 Å². The summed E-state index contributed by atoms with van der Waals surface area (Å²) in [6, 6.07) is 1.42. The zero-order chi connectivity index (χ0) is 22.3. The number of rotatable bonds is 1. The summed E-state index contributed by atoms with van der Waals surface area (Å²) in [5.74, 6) is 4.47. The van der Waals surface area contributed by atoms with Gasteiger partial charge in [-0.2, -0.15) is 0 Å². The highest BCUT2D eigenvalue weighted by molar-refractivity contribution is 5.28. The molecule has 2 saturated heterocycles. The van der Waals surface area contributed by atoms with Gasteiger partial charge in [-0.1, -0.05) is 25.0 Å². The number of nitrogens with one attached hydrogen (secondary N) is 1. The van der Waals surface area contributed by atoms with Crippen molar-refractivity contribution in [1.82, 2.24) is 10.2 Å². The Morgan fingerprint density at radius 1 is 1.06 bits per heavy atom. The molecule has 4 aliphatic carbocycles. The van der Waals surface area contributed by atoms with Gasteiger partial charge in [0.15, 0.2) is 0 Å². The van der Waals surface area contributed by atoms with E-state index in [1.165, 1.54) is 77.2 Å². The molecule has 10 atom stereocenters. The van der Waals surface area contributed by atoms with Gasteiger partial charge in [-0.25, -0.2) is 0 Å². The van der Waals surface area contributed by atoms with Crippen LogP contribution in [0.5, 0.6) is 0 Å². The molecule has 0 amide bonds. The fourth-order valence-electron chi connectivity index (χ4n) is 9.89. The third kappa shape index (κ3) is 3.39. The molecule has 0 radical (unpaired) electrons. The molecule has 1 spiro atoms. The van der Waals surface area contributed by atoms with Gasteiger partial charge in [0, 0.05) is 12.1 Å². The van der Waals surface area contributed by atoms with Gasteiger partial charge >= 0.3 is 0 Å². The van der Waals surface area contributed by atoms with E-state index in [0.717, 1.165) is 35.6 Å². The molecule has 3 heteroatoms. The van der Waals surface area contributed by atoms with Crippen molar-refractivity contribution in [2.24, 2.45) is 35.0 Å². The lowest BCUT2D eigenvalue weighted by atomic mass is 9.52. The SMILES string of the molecule is CC1=C2CC3C(CCC4C[C@H](N(C)C)CCC43C)C2CCC2(C1)CC1NCC(C)CC1O2. The molecule has 0 bridgehead atoms. The lowest BCUT2D eigenvalue weighted by Crippen LogP contribution is -2.49. The van der Waals surface area contributed by atoms with Crippen LogP contribution < -0.4 is 5.32 Å². The van der Waals surface area contributed by atoms with Crippen molar-refractivity contribution in [2.45, 2.75) is 115 Å². The quantitative estimate of drug-likeness (QED) is 0.522. The molecule has 0 aromatic heterocycles. The Kier molecular flexibility index (Phi) is 5.40. The van der Waals surface area contributed by atoms with Crippen LogP contribution in [0.25, 0.3) is 0 Å². The minimum absolute atomic E-state index is 0.133. The number of hydrogen-bond donors (Lipinski definition) is 1. The van der Waals surface area contributed by atoms with Crippen LogP contribution in [0, 0.1) is 35.0 Å². The Bertz CT molecular complexity index is 775. The van der Waals surface area contributed by atoms with Crippen LogP contribution in [0.1, 0.15) is 91.4 Å². The van der Waals surface area contributed by atoms with Crippen LogP contribution in [-0.4, -0.2) is 49.3 Å². The Hall–Kier alpha value is -0.380. The van der Waals surface area contributed by atoms with E-state index in [4.69, 9.17) is 4.74 Å². The first kappa shape index (κ1) is 22.1. The van der Waals surface area contributed by atoms with Crippen LogP contribution in [0.4, 0.5) is 0 Å². The summed E-state index contributed by atoms with van der Waals surface area (Å²) in [7, 11) is 4.60. The average molecular weight is 441 g/mol. The normalized spacial score (nSPS) is 53.1. The van der Waals surface area contributed by atoms with Crippen molar-refractivity contribution in [1.29, 1.82) is 0 Å². The van der Waals surface area contributed by atoms with E-state index >= 15 is 0 Å². The predicted molar refractivity (Wildman–Crippen MR) is 132 cm³/mol. The average Bonchev–Trinajstić information content (AvgIpc) is 3.26. The number of hydrogen-bond acceptors (Lipinski definition) is 3. The fraction of sp³-hybridized carbons (Fsp3) is 0.931. The number of piperidine rings is 1. The third-order valence-corrected chi connectivity index (χ3v) is 11.7. The van der Waals surface area contributed by atoms with Crippen LogP contribution >= 0.6 is 0 Å². The molecule has 9 unspecified atom stereocenters. The molecule has 5 fully saturated rings. The minimum Gasteiger partial charge on any atom is -0.370 e. The maximum atomic E-state index is 6.95. The zero-order valence-corrected chi connectivity index (χ0v) is 21.5. The summed E-state index contributed by atoms with van der Waals surface area (Å²) < 4.78 is 6.95. The van der Waals surface area contributed by atoms with Gasteiger partial charge in [-0.15, -0.1) is 0 Å². The first-order valence-corrected chi connectivity index (χ1v) is 14.0. The molecular formula is C29H48N2O. The van der Waals surface area contributed by atoms with Crippen LogP contribution in [0.3, 0.4) is 0 Å². The van der Waals surface area contributed by atoms with Gasteiger partial charge in [0.05, 0.1) is 11.7 Å². The molecule has 1 N–H and O–H groups in total. The lowest BCUT2D eigenvalue weighted by Gasteiger charge is -2.55. The Labute approximate surface area is 197 Å². The van der Waals surface area contributed by atoms with Crippen molar-refractivity contribution < 1.29 is 4.74 Å². The fourth-order valence-corrected chi connectivity index (χ4v) is 9.89. The van der Waals surface area contributed by atoms with Crippen LogP contribution in [0.15, 0.2) is 11.1 Å². The van der Waals surface area contributed by atoms with E-state index in [1.807, 2.05) is 5.57 Å². The van der Waals surface area contributed by atoms with Crippen molar-refractivity contribution in [3.05, 3.63) is 11.1 Å². The lowest BCUT2D eigenvalue weighted by molar-refractivity contribution is -0.0670. The van der Waals surface area contributed by atoms with Crippen molar-refractivity contribution in [3.63, 3.8) is 0 Å². The van der Waals surface area contributed by atoms with E-state index in [0.29, 0.717) is 17.6 Å². The Balaban J connectivity index is 1.22. The topological polar surface area (TPSA) is 24.5 Å². The summed E-state index contributed by atoms with van der Waals surface area (Å²) in [5, 5.41) is 3.84. The highest BCUT2D eigenvalue weighted by Gasteiger charge is 2.57. The maximum absolute atomic E-state index is 6.95. The summed E-state index contributed by atoms with van der Waals surface area (Å²) in [5.41, 5.74) is 4.35. The summed E-state index contributed by atoms with van der Waals surface area (Å²) in [6.07, 6.45) is 15.6. The first-order chi connectivity index (χ1) is 15.3. The summed E-state index contributed by atoms with van der Waals surface area (Å²) in [4.78, 5) is 2.51. The van der Waals surface area contributed by atoms with Crippen molar-refractivity contribution in [2.75, 3.05) is 20.6 Å². The largest absolute Gasteiger partial charge is 0.370 e. The standard InChI is InChI=1S/C29H48N2O/c1-18-12-27-26(30-17-18)16-29(32-27)11-9-22-23-7-6-20-13-21(31(4)5)8-10-28(20,3)25(23)14-24(22)19(2)15-29/h18,20-23,25-27,30H,6-17H2,1-5H3/t18?,20?,21-,22?,23?,25?,26?,27?,28?,29?/m1/s1. The second-order valence-corrected chi connectivity index (χ2v) is 13.7. The van der Waals surface area contributed by atoms with E-state index in [1.54, 1.807) is 5.57 Å². The van der Waals surface area contributed by atoms with Gasteiger partial charge in [-0.3, -0.25) is 0 Å². The maximum Gasteiger partial charge on any atom is 0.0740 e. The molecule has 180 valence electrons. The van der Waals surface area contributed by atoms with E-state index in [9.17, 15) is 0 Å². The first-order valence-electron chi connectivity index (χ1n) is 14.0. The van der Waals surface area contributed by atoms with E-state index in [2.05, 4.69) is 45.1 Å². The van der Waals surface area contributed by atoms with Gasteiger partial charge in [0.25, 0.3) is 0 Å². The predicted octanol–water partition coefficient (Wildman–Crippen LogP) is 5.80. The van der Waals surface area contributed by atoms with Crippen LogP contribution in [-0.2, 0) is 4.74 Å². The smallest absolute Gasteiger partial charge is 0.0740 e. The van der Waals surface area contributed by atoms with Gasteiger partial charge in [0.2, 0.25) is 0 Å². The number of ether oxygens (including phenoxy) is 1. The van der Waals surface area contributed by atoms with Gasteiger partial charge < -0.3 is 15.0 Å². The number of nitrogens with zero attached hydrogens (tertiary/aromatic N) is 1. The molecule has 3 saturated carbocycles. The third-order valence-electron chi connectivity index (χ3n) is 11.7. The number of allylic oxidation sites excluding steroid dienone is 1. The molecule has 3 nitrogen and oxygen atoms in total. The van der Waals surface area contributed by atoms with E-state index < -0.39 is 0 Å². The minimum atomic E-state index is 0.133. The summed E-state index contributed by atoms with van der Waals surface area (Å²) >= 11 is 0. The Morgan fingerprint density at radius 3 is 2.72 bits per heavy atom. The monoisotopic (exact) mass is 440 g/mol. The molecule has 2 heterocycles. The highest BCUT2D eigenvalue weighted by Crippen LogP contribution is 2.65. The molecule has 32 heavy (non-hydrogen) atoms. The van der Waals surface area contributed by atoms with Crippen molar-refractivity contribution in [3.8, 4) is 0 Å². The second kappa shape index (κ2) is 7.82. The van der Waals surface area contributed by atoms with Crippen molar-refractivity contribution >= 4 is 0 Å². The number of fused-ring (bicyclic) bond motifs is 6. The van der Waals surface area contributed by atoms with Gasteiger partial charge in [-0.05, 0) is 133 Å². The summed E-state index contributed by atoms with van der Waals surface area (Å²) in [6.45, 7) is 8.77. The molecular weight excluding hydrogens is 392 g/mol. The zero-order valence-electron chi connectivity index (χ0n) is 21.5. The molecule has 0 aromatic carbocycles. The second-order valence-electron chi connectivity index (χ2n) is 13.7.